The van der Waals surface area contributed by atoms with E-state index in [2.05, 4.69) is 38.2 Å². The molecule has 1 aromatic carbocycles. The van der Waals surface area contributed by atoms with Crippen LogP contribution in [0.2, 0.25) is 0 Å². The van der Waals surface area contributed by atoms with Crippen molar-refractivity contribution in [3.05, 3.63) is 23.8 Å². The molecule has 1 rings (SSSR count). The van der Waals surface area contributed by atoms with E-state index in [1.807, 2.05) is 6.07 Å². The number of hydrogen-bond donors (Lipinski definition) is 1. The number of benzene rings is 1. The van der Waals surface area contributed by atoms with Gasteiger partial charge in [0.25, 0.3) is 0 Å². The summed E-state index contributed by atoms with van der Waals surface area (Å²) in [6.07, 6.45) is 4.65. The van der Waals surface area contributed by atoms with E-state index < -0.39 is 0 Å². The molecule has 0 fully saturated rings. The first-order valence-corrected chi connectivity index (χ1v) is 8.08. The Bertz CT molecular complexity index is 406. The van der Waals surface area contributed by atoms with Gasteiger partial charge in [-0.05, 0) is 49.4 Å². The number of ether oxygens (including phenoxy) is 2. The quantitative estimate of drug-likeness (QED) is 0.706. The van der Waals surface area contributed by atoms with Gasteiger partial charge >= 0.3 is 0 Å². The molecule has 0 aromatic heterocycles. The lowest BCUT2D eigenvalue weighted by molar-refractivity contribution is 0.353. The molecule has 0 aliphatic carbocycles. The molecule has 0 radical (unpaired) electrons. The van der Waals surface area contributed by atoms with Crippen LogP contribution in [0.1, 0.15) is 45.6 Å². The van der Waals surface area contributed by atoms with Crippen LogP contribution in [0.5, 0.6) is 11.5 Å². The van der Waals surface area contributed by atoms with E-state index >= 15 is 0 Å². The zero-order chi connectivity index (χ0) is 15.7. The van der Waals surface area contributed by atoms with Crippen molar-refractivity contribution in [2.45, 2.75) is 52.5 Å². The molecule has 21 heavy (non-hydrogen) atoms. The van der Waals surface area contributed by atoms with E-state index in [0.29, 0.717) is 6.04 Å². The van der Waals surface area contributed by atoms with Crippen molar-refractivity contribution in [1.82, 2.24) is 5.32 Å². The van der Waals surface area contributed by atoms with Gasteiger partial charge in [0.1, 0.15) is 0 Å². The zero-order valence-corrected chi connectivity index (χ0v) is 14.2. The van der Waals surface area contributed by atoms with Gasteiger partial charge in [0.2, 0.25) is 0 Å². The van der Waals surface area contributed by atoms with Crippen molar-refractivity contribution in [2.75, 3.05) is 20.8 Å². The SMILES string of the molecule is CCCNC(Cc1ccc(OC)c(OC)c1)CC(C)CC. The number of rotatable bonds is 10. The monoisotopic (exact) mass is 293 g/mol. The molecule has 3 nitrogen and oxygen atoms in total. The molecule has 3 heteroatoms. The van der Waals surface area contributed by atoms with Gasteiger partial charge in [0.15, 0.2) is 11.5 Å². The van der Waals surface area contributed by atoms with Gasteiger partial charge in [0.05, 0.1) is 14.2 Å². The van der Waals surface area contributed by atoms with Crippen LogP contribution in [0, 0.1) is 5.92 Å². The molecule has 0 amide bonds. The minimum absolute atomic E-state index is 0.526. The minimum atomic E-state index is 0.526. The summed E-state index contributed by atoms with van der Waals surface area (Å²) in [5.74, 6) is 2.36. The Morgan fingerprint density at radius 2 is 1.81 bits per heavy atom. The summed E-state index contributed by atoms with van der Waals surface area (Å²) >= 11 is 0. The smallest absolute Gasteiger partial charge is 0.160 e. The molecule has 0 aliphatic heterocycles. The Kier molecular flexibility index (Phi) is 8.21. The summed E-state index contributed by atoms with van der Waals surface area (Å²) < 4.78 is 10.7. The van der Waals surface area contributed by atoms with Crippen LogP contribution >= 0.6 is 0 Å². The first-order valence-electron chi connectivity index (χ1n) is 8.08. The molecular formula is C18H31NO2. The third-order valence-electron chi connectivity index (χ3n) is 4.00. The highest BCUT2D eigenvalue weighted by atomic mass is 16.5. The summed E-state index contributed by atoms with van der Waals surface area (Å²) in [7, 11) is 3.36. The molecular weight excluding hydrogens is 262 g/mol. The van der Waals surface area contributed by atoms with E-state index in [9.17, 15) is 0 Å². The molecule has 0 spiro atoms. The summed E-state index contributed by atoms with van der Waals surface area (Å²) in [6.45, 7) is 7.88. The van der Waals surface area contributed by atoms with Crippen LogP contribution in [0.15, 0.2) is 18.2 Å². The topological polar surface area (TPSA) is 30.5 Å². The van der Waals surface area contributed by atoms with Gasteiger partial charge in [-0.25, -0.2) is 0 Å². The van der Waals surface area contributed by atoms with Gasteiger partial charge in [-0.3, -0.25) is 0 Å². The van der Waals surface area contributed by atoms with Gasteiger partial charge in [-0.2, -0.15) is 0 Å². The largest absolute Gasteiger partial charge is 0.493 e. The van der Waals surface area contributed by atoms with Gasteiger partial charge in [0, 0.05) is 6.04 Å². The van der Waals surface area contributed by atoms with Crippen LogP contribution in [0.4, 0.5) is 0 Å². The first kappa shape index (κ1) is 17.8. The zero-order valence-electron chi connectivity index (χ0n) is 14.2. The molecule has 0 saturated heterocycles. The Morgan fingerprint density at radius 1 is 1.10 bits per heavy atom. The average Bonchev–Trinajstić information content (AvgIpc) is 2.52. The summed E-state index contributed by atoms with van der Waals surface area (Å²) in [6, 6.07) is 6.75. The fourth-order valence-electron chi connectivity index (χ4n) is 2.53. The second kappa shape index (κ2) is 9.67. The average molecular weight is 293 g/mol. The van der Waals surface area contributed by atoms with Crippen molar-refractivity contribution in [2.24, 2.45) is 5.92 Å². The molecule has 0 heterocycles. The molecule has 1 N–H and O–H groups in total. The van der Waals surface area contributed by atoms with Crippen LogP contribution in [0.3, 0.4) is 0 Å². The third-order valence-corrected chi connectivity index (χ3v) is 4.00. The van der Waals surface area contributed by atoms with E-state index in [4.69, 9.17) is 9.47 Å². The van der Waals surface area contributed by atoms with E-state index in [1.54, 1.807) is 14.2 Å². The second-order valence-electron chi connectivity index (χ2n) is 5.79. The lowest BCUT2D eigenvalue weighted by Crippen LogP contribution is -2.33. The van der Waals surface area contributed by atoms with E-state index in [-0.39, 0.29) is 0 Å². The Balaban J connectivity index is 2.76. The van der Waals surface area contributed by atoms with Crippen LogP contribution in [-0.4, -0.2) is 26.8 Å². The highest BCUT2D eigenvalue weighted by molar-refractivity contribution is 5.43. The predicted octanol–water partition coefficient (Wildman–Crippen LogP) is 4.05. The summed E-state index contributed by atoms with van der Waals surface area (Å²) in [4.78, 5) is 0. The minimum Gasteiger partial charge on any atom is -0.493 e. The lowest BCUT2D eigenvalue weighted by atomic mass is 9.94. The summed E-state index contributed by atoms with van der Waals surface area (Å²) in [5.41, 5.74) is 1.30. The predicted molar refractivity (Wildman–Crippen MR) is 89.4 cm³/mol. The van der Waals surface area contributed by atoms with Crippen LogP contribution in [-0.2, 0) is 6.42 Å². The maximum atomic E-state index is 5.40. The Hall–Kier alpha value is -1.22. The van der Waals surface area contributed by atoms with Gasteiger partial charge in [-0.1, -0.05) is 33.3 Å². The highest BCUT2D eigenvalue weighted by Gasteiger charge is 2.14. The fourth-order valence-corrected chi connectivity index (χ4v) is 2.53. The molecule has 0 saturated carbocycles. The summed E-state index contributed by atoms with van der Waals surface area (Å²) in [5, 5.41) is 3.68. The fraction of sp³-hybridized carbons (Fsp3) is 0.667. The van der Waals surface area contributed by atoms with Crippen LogP contribution < -0.4 is 14.8 Å². The Labute approximate surface area is 130 Å². The molecule has 0 aliphatic rings. The van der Waals surface area contributed by atoms with Gasteiger partial charge < -0.3 is 14.8 Å². The van der Waals surface area contributed by atoms with Crippen molar-refractivity contribution >= 4 is 0 Å². The van der Waals surface area contributed by atoms with E-state index in [1.165, 1.54) is 24.8 Å². The number of methoxy groups -OCH3 is 2. The normalized spacial score (nSPS) is 13.8. The first-order chi connectivity index (χ1) is 10.1. The maximum absolute atomic E-state index is 5.40. The maximum Gasteiger partial charge on any atom is 0.160 e. The lowest BCUT2D eigenvalue weighted by Gasteiger charge is -2.22. The standard InChI is InChI=1S/C18H31NO2/c1-6-10-19-16(11-14(3)7-2)12-15-8-9-17(20-4)18(13-15)21-5/h8-9,13-14,16,19H,6-7,10-12H2,1-5H3. The molecule has 2 unspecified atom stereocenters. The highest BCUT2D eigenvalue weighted by Crippen LogP contribution is 2.28. The number of hydrogen-bond acceptors (Lipinski definition) is 3. The molecule has 0 bridgehead atoms. The molecule has 2 atom stereocenters. The van der Waals surface area contributed by atoms with Crippen molar-refractivity contribution in [3.63, 3.8) is 0 Å². The van der Waals surface area contributed by atoms with Gasteiger partial charge in [-0.15, -0.1) is 0 Å². The van der Waals surface area contributed by atoms with Crippen molar-refractivity contribution in [1.29, 1.82) is 0 Å². The number of nitrogens with one attached hydrogen (secondary N) is 1. The molecule has 120 valence electrons. The molecule has 1 aromatic rings. The Morgan fingerprint density at radius 3 is 2.38 bits per heavy atom. The third kappa shape index (κ3) is 5.96. The van der Waals surface area contributed by atoms with Crippen LogP contribution in [0.25, 0.3) is 0 Å². The van der Waals surface area contributed by atoms with E-state index in [0.717, 1.165) is 30.4 Å². The van der Waals surface area contributed by atoms with Crippen molar-refractivity contribution < 1.29 is 9.47 Å². The second-order valence-corrected chi connectivity index (χ2v) is 5.79. The van der Waals surface area contributed by atoms with Crippen molar-refractivity contribution in [3.8, 4) is 11.5 Å².